The third-order valence-electron chi connectivity index (χ3n) is 5.29. The SMILES string of the molecule is COc1ccc(CC(=O)NC2CCN(S(=O)(=O)c3ccc(C)cc3)CC2)cc1OC. The minimum atomic E-state index is -3.50. The van der Waals surface area contributed by atoms with Crippen LogP contribution in [0.1, 0.15) is 24.0 Å². The van der Waals surface area contributed by atoms with E-state index in [4.69, 9.17) is 9.47 Å². The molecule has 7 nitrogen and oxygen atoms in total. The van der Waals surface area contributed by atoms with Crippen molar-refractivity contribution in [2.45, 2.75) is 37.1 Å². The van der Waals surface area contributed by atoms with Gasteiger partial charge < -0.3 is 14.8 Å². The maximum atomic E-state index is 12.8. The maximum Gasteiger partial charge on any atom is 0.243 e. The van der Waals surface area contributed by atoms with Gasteiger partial charge in [0.15, 0.2) is 11.5 Å². The van der Waals surface area contributed by atoms with Gasteiger partial charge in [-0.15, -0.1) is 0 Å². The van der Waals surface area contributed by atoms with Crippen LogP contribution in [-0.4, -0.2) is 52.0 Å². The van der Waals surface area contributed by atoms with Crippen LogP contribution in [0.2, 0.25) is 0 Å². The number of amides is 1. The predicted molar refractivity (Wildman–Crippen MR) is 114 cm³/mol. The van der Waals surface area contributed by atoms with Gasteiger partial charge in [-0.3, -0.25) is 4.79 Å². The van der Waals surface area contributed by atoms with Crippen LogP contribution in [0.4, 0.5) is 0 Å². The highest BCUT2D eigenvalue weighted by atomic mass is 32.2. The van der Waals surface area contributed by atoms with Crippen molar-refractivity contribution in [2.24, 2.45) is 0 Å². The fourth-order valence-electron chi connectivity index (χ4n) is 3.55. The Kier molecular flexibility index (Phi) is 6.99. The Balaban J connectivity index is 1.54. The normalized spacial score (nSPS) is 15.6. The first kappa shape index (κ1) is 22.1. The highest BCUT2D eigenvalue weighted by Crippen LogP contribution is 2.28. The van der Waals surface area contributed by atoms with Gasteiger partial charge in [0.2, 0.25) is 15.9 Å². The summed E-state index contributed by atoms with van der Waals surface area (Å²) >= 11 is 0. The lowest BCUT2D eigenvalue weighted by Crippen LogP contribution is -2.46. The number of piperidine rings is 1. The lowest BCUT2D eigenvalue weighted by Gasteiger charge is -2.31. The Morgan fingerprint density at radius 2 is 1.67 bits per heavy atom. The molecular formula is C22H28N2O5S. The molecule has 0 radical (unpaired) electrons. The molecule has 0 unspecified atom stereocenters. The van der Waals surface area contributed by atoms with Crippen molar-refractivity contribution in [2.75, 3.05) is 27.3 Å². The van der Waals surface area contributed by atoms with E-state index in [0.717, 1.165) is 11.1 Å². The zero-order chi connectivity index (χ0) is 21.7. The Bertz CT molecular complexity index is 981. The molecule has 1 heterocycles. The molecule has 3 rings (SSSR count). The number of methoxy groups -OCH3 is 2. The Morgan fingerprint density at radius 1 is 1.03 bits per heavy atom. The zero-order valence-corrected chi connectivity index (χ0v) is 18.4. The summed E-state index contributed by atoms with van der Waals surface area (Å²) < 4.78 is 37.6. The molecule has 0 bridgehead atoms. The van der Waals surface area contributed by atoms with E-state index in [9.17, 15) is 13.2 Å². The molecule has 1 fully saturated rings. The highest BCUT2D eigenvalue weighted by Gasteiger charge is 2.29. The summed E-state index contributed by atoms with van der Waals surface area (Å²) in [5.74, 6) is 1.10. The predicted octanol–water partition coefficient (Wildman–Crippen LogP) is 2.52. The third kappa shape index (κ3) is 5.12. The lowest BCUT2D eigenvalue weighted by molar-refractivity contribution is -0.121. The van der Waals surface area contributed by atoms with Gasteiger partial charge in [0.1, 0.15) is 0 Å². The topological polar surface area (TPSA) is 84.9 Å². The van der Waals surface area contributed by atoms with Gasteiger partial charge >= 0.3 is 0 Å². The molecule has 2 aromatic carbocycles. The van der Waals surface area contributed by atoms with E-state index in [0.29, 0.717) is 42.3 Å². The van der Waals surface area contributed by atoms with E-state index in [-0.39, 0.29) is 18.4 Å². The van der Waals surface area contributed by atoms with Crippen LogP contribution in [-0.2, 0) is 21.2 Å². The van der Waals surface area contributed by atoms with Gasteiger partial charge in [0.05, 0.1) is 25.5 Å². The van der Waals surface area contributed by atoms with Gasteiger partial charge in [0, 0.05) is 19.1 Å². The minimum absolute atomic E-state index is 0.0397. The van der Waals surface area contributed by atoms with E-state index < -0.39 is 10.0 Å². The van der Waals surface area contributed by atoms with Gasteiger partial charge in [-0.1, -0.05) is 23.8 Å². The van der Waals surface area contributed by atoms with E-state index in [1.165, 1.54) is 4.31 Å². The maximum absolute atomic E-state index is 12.8. The van der Waals surface area contributed by atoms with Crippen LogP contribution in [0.15, 0.2) is 47.4 Å². The summed E-state index contributed by atoms with van der Waals surface area (Å²) in [7, 11) is -0.378. The number of sulfonamides is 1. The first-order chi connectivity index (χ1) is 14.3. The van der Waals surface area contributed by atoms with Crippen molar-refractivity contribution in [3.63, 3.8) is 0 Å². The fraction of sp³-hybridized carbons (Fsp3) is 0.409. The Labute approximate surface area is 178 Å². The van der Waals surface area contributed by atoms with Crippen LogP contribution < -0.4 is 14.8 Å². The summed E-state index contributed by atoms with van der Waals surface area (Å²) in [6, 6.07) is 12.2. The second-order valence-electron chi connectivity index (χ2n) is 7.43. The zero-order valence-electron chi connectivity index (χ0n) is 17.6. The molecule has 162 valence electrons. The Morgan fingerprint density at radius 3 is 2.27 bits per heavy atom. The van der Waals surface area contributed by atoms with Gasteiger partial charge in [-0.05, 0) is 49.6 Å². The average molecular weight is 433 g/mol. The molecule has 0 saturated carbocycles. The minimum Gasteiger partial charge on any atom is -0.493 e. The monoisotopic (exact) mass is 432 g/mol. The van der Waals surface area contributed by atoms with Crippen LogP contribution in [0.5, 0.6) is 11.5 Å². The average Bonchev–Trinajstić information content (AvgIpc) is 2.74. The lowest BCUT2D eigenvalue weighted by atomic mass is 10.1. The third-order valence-corrected chi connectivity index (χ3v) is 7.20. The molecule has 0 aromatic heterocycles. The first-order valence-electron chi connectivity index (χ1n) is 9.90. The number of hydrogen-bond acceptors (Lipinski definition) is 5. The molecule has 1 aliphatic rings. The molecule has 0 aliphatic carbocycles. The molecule has 2 aromatic rings. The van der Waals surface area contributed by atoms with Crippen molar-refractivity contribution in [3.05, 3.63) is 53.6 Å². The second-order valence-corrected chi connectivity index (χ2v) is 9.36. The molecule has 1 N–H and O–H groups in total. The molecule has 0 spiro atoms. The van der Waals surface area contributed by atoms with E-state index in [2.05, 4.69) is 5.32 Å². The summed E-state index contributed by atoms with van der Waals surface area (Å²) in [5, 5.41) is 3.02. The molecule has 0 atom stereocenters. The number of nitrogens with one attached hydrogen (secondary N) is 1. The van der Waals surface area contributed by atoms with Crippen LogP contribution in [0.25, 0.3) is 0 Å². The summed E-state index contributed by atoms with van der Waals surface area (Å²) in [6.45, 7) is 2.70. The van der Waals surface area contributed by atoms with Gasteiger partial charge in [0.25, 0.3) is 0 Å². The molecule has 1 aliphatic heterocycles. The molecular weight excluding hydrogens is 404 g/mol. The van der Waals surface area contributed by atoms with Crippen molar-refractivity contribution >= 4 is 15.9 Å². The molecule has 1 saturated heterocycles. The second kappa shape index (κ2) is 9.49. The van der Waals surface area contributed by atoms with Crippen molar-refractivity contribution < 1.29 is 22.7 Å². The number of rotatable bonds is 7. The van der Waals surface area contributed by atoms with Gasteiger partial charge in [-0.25, -0.2) is 8.42 Å². The smallest absolute Gasteiger partial charge is 0.243 e. The molecule has 8 heteroatoms. The van der Waals surface area contributed by atoms with Crippen molar-refractivity contribution in [1.82, 2.24) is 9.62 Å². The molecule has 1 amide bonds. The van der Waals surface area contributed by atoms with Crippen molar-refractivity contribution in [3.8, 4) is 11.5 Å². The quantitative estimate of drug-likeness (QED) is 0.727. The number of carbonyl (C=O) groups is 1. The van der Waals surface area contributed by atoms with E-state index in [1.807, 2.05) is 13.0 Å². The number of hydrogen-bond donors (Lipinski definition) is 1. The summed E-state index contributed by atoms with van der Waals surface area (Å²) in [6.07, 6.45) is 1.40. The molecule has 30 heavy (non-hydrogen) atoms. The largest absolute Gasteiger partial charge is 0.493 e. The van der Waals surface area contributed by atoms with Crippen molar-refractivity contribution in [1.29, 1.82) is 0 Å². The van der Waals surface area contributed by atoms with Crippen LogP contribution in [0.3, 0.4) is 0 Å². The first-order valence-corrected chi connectivity index (χ1v) is 11.3. The summed E-state index contributed by atoms with van der Waals surface area (Å²) in [5.41, 5.74) is 1.84. The van der Waals surface area contributed by atoms with E-state index in [1.54, 1.807) is 50.6 Å². The summed E-state index contributed by atoms with van der Waals surface area (Å²) in [4.78, 5) is 12.8. The van der Waals surface area contributed by atoms with Crippen LogP contribution >= 0.6 is 0 Å². The highest BCUT2D eigenvalue weighted by molar-refractivity contribution is 7.89. The number of carbonyl (C=O) groups excluding carboxylic acids is 1. The fourth-order valence-corrected chi connectivity index (χ4v) is 5.02. The number of ether oxygens (including phenoxy) is 2. The standard InChI is InChI=1S/C22H28N2O5S/c1-16-4-7-19(8-5-16)30(26,27)24-12-10-18(11-13-24)23-22(25)15-17-6-9-20(28-2)21(14-17)29-3/h4-9,14,18H,10-13,15H2,1-3H3,(H,23,25). The van der Waals surface area contributed by atoms with Gasteiger partial charge in [-0.2, -0.15) is 4.31 Å². The number of nitrogens with zero attached hydrogens (tertiary/aromatic N) is 1. The van der Waals surface area contributed by atoms with Crippen LogP contribution in [0, 0.1) is 6.92 Å². The number of benzene rings is 2. The Hall–Kier alpha value is -2.58. The van der Waals surface area contributed by atoms with E-state index >= 15 is 0 Å². The number of aryl methyl sites for hydroxylation is 1.